The van der Waals surface area contributed by atoms with Crippen LogP contribution in [0.3, 0.4) is 0 Å². The van der Waals surface area contributed by atoms with E-state index in [1.54, 1.807) is 0 Å². The highest BCUT2D eigenvalue weighted by Gasteiger charge is 2.54. The van der Waals surface area contributed by atoms with Gasteiger partial charge < -0.3 is 4.90 Å². The van der Waals surface area contributed by atoms with Crippen molar-refractivity contribution in [3.05, 3.63) is 199 Å². The van der Waals surface area contributed by atoms with E-state index < -0.39 is 8.07 Å². The molecule has 8 aromatic carbocycles. The van der Waals surface area contributed by atoms with Gasteiger partial charge in [-0.1, -0.05) is 172 Å². The molecular formula is C51H37NSi. The summed E-state index contributed by atoms with van der Waals surface area (Å²) < 4.78 is 0. The lowest BCUT2D eigenvalue weighted by Crippen LogP contribution is -2.70. The van der Waals surface area contributed by atoms with E-state index in [-0.39, 0.29) is 5.41 Å². The number of hydrogen-bond donors (Lipinski definition) is 0. The summed E-state index contributed by atoms with van der Waals surface area (Å²) in [6, 6.07) is 70.8. The van der Waals surface area contributed by atoms with Gasteiger partial charge in [0.05, 0.1) is 5.69 Å². The summed E-state index contributed by atoms with van der Waals surface area (Å²) in [6.07, 6.45) is 0. The van der Waals surface area contributed by atoms with Gasteiger partial charge in [-0.2, -0.15) is 0 Å². The Balaban J connectivity index is 1.19. The van der Waals surface area contributed by atoms with Crippen LogP contribution < -0.4 is 25.6 Å². The lowest BCUT2D eigenvalue weighted by Gasteiger charge is -2.31. The van der Waals surface area contributed by atoms with Crippen LogP contribution >= 0.6 is 0 Å². The fourth-order valence-corrected chi connectivity index (χ4v) is 15.6. The molecule has 53 heavy (non-hydrogen) atoms. The van der Waals surface area contributed by atoms with Gasteiger partial charge in [-0.05, 0) is 101 Å². The predicted molar refractivity (Wildman–Crippen MR) is 226 cm³/mol. The summed E-state index contributed by atoms with van der Waals surface area (Å²) in [5.41, 5.74) is 16.8. The number of anilines is 3. The van der Waals surface area contributed by atoms with Gasteiger partial charge in [-0.25, -0.2) is 0 Å². The number of hydrogen-bond acceptors (Lipinski definition) is 1. The Bertz CT molecular complexity index is 2700. The van der Waals surface area contributed by atoms with E-state index in [9.17, 15) is 0 Å². The molecule has 1 aliphatic carbocycles. The Morgan fingerprint density at radius 3 is 1.51 bits per heavy atom. The number of fused-ring (bicyclic) bond motifs is 13. The molecule has 8 aromatic rings. The van der Waals surface area contributed by atoms with Crippen LogP contribution in [-0.2, 0) is 5.41 Å². The Morgan fingerprint density at radius 1 is 0.377 bits per heavy atom. The number of nitrogens with zero attached hydrogens (tertiary/aromatic N) is 1. The highest BCUT2D eigenvalue weighted by atomic mass is 28.3. The van der Waals surface area contributed by atoms with Crippen LogP contribution in [-0.4, -0.2) is 8.07 Å². The molecule has 0 N–H and O–H groups in total. The smallest absolute Gasteiger partial charge is 0.182 e. The van der Waals surface area contributed by atoms with E-state index >= 15 is 0 Å². The molecule has 0 fully saturated rings. The van der Waals surface area contributed by atoms with Gasteiger partial charge in [0.15, 0.2) is 8.07 Å². The summed E-state index contributed by atoms with van der Waals surface area (Å²) in [4.78, 5) is 2.53. The van der Waals surface area contributed by atoms with E-state index in [1.165, 1.54) is 87.8 Å². The average Bonchev–Trinajstić information content (AvgIpc) is 3.78. The van der Waals surface area contributed by atoms with E-state index in [2.05, 4.69) is 207 Å². The third-order valence-electron chi connectivity index (χ3n) is 12.3. The predicted octanol–water partition coefficient (Wildman–Crippen LogP) is 10.5. The summed E-state index contributed by atoms with van der Waals surface area (Å²) in [5, 5.41) is 5.98. The second-order valence-electron chi connectivity index (χ2n) is 15.2. The van der Waals surface area contributed by atoms with Crippen molar-refractivity contribution >= 4 is 45.9 Å². The van der Waals surface area contributed by atoms with E-state index in [0.29, 0.717) is 0 Å². The first-order chi connectivity index (χ1) is 26.1. The van der Waals surface area contributed by atoms with Crippen molar-refractivity contribution in [2.45, 2.75) is 19.3 Å². The fourth-order valence-electron chi connectivity index (χ4n) is 10.0. The highest BCUT2D eigenvalue weighted by Crippen LogP contribution is 2.54. The lowest BCUT2D eigenvalue weighted by atomic mass is 9.82. The standard InChI is InChI=1S/C51H37NSi/c1-51(2)43-21-10-6-20-42(43)50-44(51)22-14-23-45(50)52(36-29-27-35(28-30-36)34-15-4-3-5-16-34)37-31-32-41-40-19-9-13-26-48(40)53(49(41)33-37)46-24-11-7-17-38(46)39-18-8-12-25-47(39)53/h3-33H,1-2H3. The molecule has 11 rings (SSSR count). The molecule has 0 bridgehead atoms. The van der Waals surface area contributed by atoms with E-state index in [4.69, 9.17) is 0 Å². The first-order valence-corrected chi connectivity index (χ1v) is 20.7. The maximum absolute atomic E-state index is 2.61. The first kappa shape index (κ1) is 30.4. The Labute approximate surface area is 312 Å². The third kappa shape index (κ3) is 4.07. The molecule has 2 aliphatic heterocycles. The van der Waals surface area contributed by atoms with Crippen LogP contribution in [0.4, 0.5) is 17.1 Å². The maximum Gasteiger partial charge on any atom is 0.182 e. The minimum atomic E-state index is -2.61. The van der Waals surface area contributed by atoms with Crippen molar-refractivity contribution in [1.29, 1.82) is 0 Å². The molecule has 0 unspecified atom stereocenters. The molecule has 0 amide bonds. The SMILES string of the molecule is CC1(C)c2ccccc2-c2c(N(c3ccc(-c4ccccc4)cc3)c3ccc4c(c3)[Si]3(c5ccccc5-c5ccccc53)c3ccccc3-4)cccc21. The van der Waals surface area contributed by atoms with Crippen LogP contribution in [0.15, 0.2) is 188 Å². The van der Waals surface area contributed by atoms with Gasteiger partial charge in [-0.15, -0.1) is 0 Å². The molecule has 2 heteroatoms. The Kier molecular flexibility index (Phi) is 6.39. The molecule has 0 aromatic heterocycles. The van der Waals surface area contributed by atoms with Crippen molar-refractivity contribution in [2.75, 3.05) is 4.90 Å². The van der Waals surface area contributed by atoms with E-state index in [1.807, 2.05) is 0 Å². The van der Waals surface area contributed by atoms with Crippen molar-refractivity contribution in [1.82, 2.24) is 0 Å². The second-order valence-corrected chi connectivity index (χ2v) is 18.9. The molecule has 250 valence electrons. The van der Waals surface area contributed by atoms with Crippen LogP contribution in [0, 0.1) is 0 Å². The van der Waals surface area contributed by atoms with Crippen molar-refractivity contribution in [3.8, 4) is 44.5 Å². The van der Waals surface area contributed by atoms with E-state index in [0.717, 1.165) is 5.69 Å². The van der Waals surface area contributed by atoms with Crippen molar-refractivity contribution in [2.24, 2.45) is 0 Å². The Morgan fingerprint density at radius 2 is 0.868 bits per heavy atom. The molecule has 2 heterocycles. The number of rotatable bonds is 4. The number of benzene rings is 8. The van der Waals surface area contributed by atoms with Crippen molar-refractivity contribution in [3.63, 3.8) is 0 Å². The largest absolute Gasteiger partial charge is 0.310 e. The van der Waals surface area contributed by atoms with Gasteiger partial charge >= 0.3 is 0 Å². The van der Waals surface area contributed by atoms with Gasteiger partial charge in [0, 0.05) is 22.4 Å². The molecule has 0 radical (unpaired) electrons. The summed E-state index contributed by atoms with van der Waals surface area (Å²) >= 11 is 0. The quantitative estimate of drug-likeness (QED) is 0.166. The monoisotopic (exact) mass is 691 g/mol. The second kappa shape index (κ2) is 11.1. The zero-order chi connectivity index (χ0) is 35.3. The minimum Gasteiger partial charge on any atom is -0.310 e. The molecule has 1 nitrogen and oxygen atoms in total. The Hall–Kier alpha value is -6.22. The maximum atomic E-state index is 2.57. The molecule has 3 aliphatic rings. The van der Waals surface area contributed by atoms with Gasteiger partial charge in [-0.3, -0.25) is 0 Å². The topological polar surface area (TPSA) is 3.24 Å². The van der Waals surface area contributed by atoms with Crippen LogP contribution in [0.25, 0.3) is 44.5 Å². The normalized spacial score (nSPS) is 14.5. The van der Waals surface area contributed by atoms with Gasteiger partial charge in [0.1, 0.15) is 0 Å². The molecule has 0 saturated carbocycles. The van der Waals surface area contributed by atoms with Crippen LogP contribution in [0.2, 0.25) is 0 Å². The lowest BCUT2D eigenvalue weighted by molar-refractivity contribution is 0.660. The van der Waals surface area contributed by atoms with Gasteiger partial charge in [0.2, 0.25) is 0 Å². The zero-order valence-electron chi connectivity index (χ0n) is 29.8. The minimum absolute atomic E-state index is 0.0986. The van der Waals surface area contributed by atoms with Crippen molar-refractivity contribution < 1.29 is 0 Å². The van der Waals surface area contributed by atoms with Crippen LogP contribution in [0.1, 0.15) is 25.0 Å². The molecular weight excluding hydrogens is 655 g/mol. The summed E-state index contributed by atoms with van der Waals surface area (Å²) in [5.74, 6) is 0. The zero-order valence-corrected chi connectivity index (χ0v) is 30.8. The van der Waals surface area contributed by atoms with Gasteiger partial charge in [0.25, 0.3) is 0 Å². The third-order valence-corrected chi connectivity index (χ3v) is 17.3. The van der Waals surface area contributed by atoms with Crippen LogP contribution in [0.5, 0.6) is 0 Å². The highest BCUT2D eigenvalue weighted by molar-refractivity contribution is 7.24. The molecule has 1 spiro atoms. The average molecular weight is 692 g/mol. The summed E-state index contributed by atoms with van der Waals surface area (Å²) in [7, 11) is -2.61. The summed E-state index contributed by atoms with van der Waals surface area (Å²) in [6.45, 7) is 4.74. The first-order valence-electron chi connectivity index (χ1n) is 18.7. The molecule has 0 atom stereocenters. The fraction of sp³-hybridized carbons (Fsp3) is 0.0588. The molecule has 0 saturated heterocycles.